The lowest BCUT2D eigenvalue weighted by Gasteiger charge is -2.12. The summed E-state index contributed by atoms with van der Waals surface area (Å²) in [6, 6.07) is 6.76. The molecule has 0 aliphatic heterocycles. The van der Waals surface area contributed by atoms with Crippen molar-refractivity contribution in [3.05, 3.63) is 70.9 Å². The molecule has 0 unspecified atom stereocenters. The van der Waals surface area contributed by atoms with Gasteiger partial charge in [-0.2, -0.15) is 0 Å². The molecule has 3 rings (SSSR count). The summed E-state index contributed by atoms with van der Waals surface area (Å²) in [6.07, 6.45) is 5.85. The molecule has 5 nitrogen and oxygen atoms in total. The van der Waals surface area contributed by atoms with Gasteiger partial charge in [0.25, 0.3) is 0 Å². The van der Waals surface area contributed by atoms with E-state index in [1.165, 1.54) is 0 Å². The zero-order chi connectivity index (χ0) is 21.0. The molecule has 0 amide bonds. The number of ether oxygens (including phenoxy) is 1. The van der Waals surface area contributed by atoms with Gasteiger partial charge in [-0.15, -0.1) is 0 Å². The fourth-order valence-corrected chi connectivity index (χ4v) is 2.98. The number of aliphatic imine (C=N–C) groups is 1. The molecule has 1 aromatic carbocycles. The van der Waals surface area contributed by atoms with E-state index >= 15 is 4.39 Å². The SMILES string of the molecule is C/C=C(/COc1ccc(C)c(C(=O)c2c[nH]c3ncccc23)c1F)N=C(C)CC. The number of benzene rings is 1. The van der Waals surface area contributed by atoms with Gasteiger partial charge < -0.3 is 9.72 Å². The van der Waals surface area contributed by atoms with E-state index in [2.05, 4.69) is 15.0 Å². The Kier molecular flexibility index (Phi) is 6.22. The van der Waals surface area contributed by atoms with Crippen molar-refractivity contribution >= 4 is 22.5 Å². The van der Waals surface area contributed by atoms with E-state index < -0.39 is 11.6 Å². The van der Waals surface area contributed by atoms with Crippen LogP contribution in [0.3, 0.4) is 0 Å². The first-order valence-corrected chi connectivity index (χ1v) is 9.54. The van der Waals surface area contributed by atoms with E-state index in [0.717, 1.165) is 12.1 Å². The Bertz CT molecular complexity index is 1110. The summed E-state index contributed by atoms with van der Waals surface area (Å²) < 4.78 is 20.9. The highest BCUT2D eigenvalue weighted by molar-refractivity contribution is 6.16. The van der Waals surface area contributed by atoms with Gasteiger partial charge in [0.15, 0.2) is 17.3 Å². The lowest BCUT2D eigenvalue weighted by molar-refractivity contribution is 0.103. The normalized spacial score (nSPS) is 12.4. The molecule has 0 atom stereocenters. The lowest BCUT2D eigenvalue weighted by atomic mass is 9.98. The lowest BCUT2D eigenvalue weighted by Crippen LogP contribution is -2.10. The van der Waals surface area contributed by atoms with Crippen molar-refractivity contribution in [2.45, 2.75) is 34.1 Å². The number of hydrogen-bond donors (Lipinski definition) is 1. The van der Waals surface area contributed by atoms with E-state index in [-0.39, 0.29) is 17.9 Å². The van der Waals surface area contributed by atoms with E-state index in [0.29, 0.717) is 27.9 Å². The minimum atomic E-state index is -0.667. The summed E-state index contributed by atoms with van der Waals surface area (Å²) >= 11 is 0. The van der Waals surface area contributed by atoms with Crippen molar-refractivity contribution in [3.63, 3.8) is 0 Å². The standard InChI is InChI=1S/C23H24FN3O2/c1-5-15(4)27-16(6-2)13-29-19-10-9-14(3)20(21(19)24)22(28)18-12-26-23-17(18)8-7-11-25-23/h6-12H,5,13H2,1-4H3,(H,25,26)/b16-6-,27-15?. The number of hydrogen-bond acceptors (Lipinski definition) is 4. The molecule has 6 heteroatoms. The van der Waals surface area contributed by atoms with Gasteiger partial charge >= 0.3 is 0 Å². The largest absolute Gasteiger partial charge is 0.484 e. The molecule has 0 aliphatic carbocycles. The predicted molar refractivity (Wildman–Crippen MR) is 113 cm³/mol. The first-order chi connectivity index (χ1) is 14.0. The Morgan fingerprint density at radius 3 is 2.86 bits per heavy atom. The van der Waals surface area contributed by atoms with Crippen LogP contribution in [0.2, 0.25) is 0 Å². The van der Waals surface area contributed by atoms with E-state index in [1.54, 1.807) is 43.6 Å². The minimum Gasteiger partial charge on any atom is -0.484 e. The molecule has 150 valence electrons. The van der Waals surface area contributed by atoms with Gasteiger partial charge in [0.1, 0.15) is 12.3 Å². The third-order valence-electron chi connectivity index (χ3n) is 4.79. The number of aryl methyl sites for hydroxylation is 1. The number of carbonyl (C=O) groups is 1. The molecular formula is C23H24FN3O2. The van der Waals surface area contributed by atoms with E-state index in [4.69, 9.17) is 4.74 Å². The number of H-pyrrole nitrogens is 1. The number of nitrogens with zero attached hydrogens (tertiary/aromatic N) is 2. The van der Waals surface area contributed by atoms with Crippen molar-refractivity contribution in [2.24, 2.45) is 4.99 Å². The molecular weight excluding hydrogens is 369 g/mol. The molecule has 0 bridgehead atoms. The summed E-state index contributed by atoms with van der Waals surface area (Å²) in [5.74, 6) is -1.05. The topological polar surface area (TPSA) is 67.3 Å². The Labute approximate surface area is 169 Å². The minimum absolute atomic E-state index is 0.00233. The number of allylic oxidation sites excluding steroid dienone is 1. The van der Waals surface area contributed by atoms with Crippen LogP contribution in [0.25, 0.3) is 11.0 Å². The van der Waals surface area contributed by atoms with E-state index in [9.17, 15) is 4.79 Å². The molecule has 2 aromatic heterocycles. The van der Waals surface area contributed by atoms with Crippen LogP contribution in [-0.2, 0) is 0 Å². The highest BCUT2D eigenvalue weighted by Gasteiger charge is 2.23. The van der Waals surface area contributed by atoms with Crippen LogP contribution >= 0.6 is 0 Å². The van der Waals surface area contributed by atoms with Crippen LogP contribution in [-0.4, -0.2) is 28.1 Å². The van der Waals surface area contributed by atoms with Crippen LogP contribution in [0.15, 0.2) is 53.4 Å². The van der Waals surface area contributed by atoms with Gasteiger partial charge in [-0.3, -0.25) is 9.79 Å². The fraction of sp³-hybridized carbons (Fsp3) is 0.261. The van der Waals surface area contributed by atoms with Crippen molar-refractivity contribution < 1.29 is 13.9 Å². The number of rotatable bonds is 7. The van der Waals surface area contributed by atoms with E-state index in [1.807, 2.05) is 26.8 Å². The van der Waals surface area contributed by atoms with Gasteiger partial charge in [0.05, 0.1) is 11.3 Å². The predicted octanol–water partition coefficient (Wildman–Crippen LogP) is 5.39. The Balaban J connectivity index is 1.92. The van der Waals surface area contributed by atoms with Crippen LogP contribution in [0.1, 0.15) is 48.7 Å². The van der Waals surface area contributed by atoms with Crippen LogP contribution in [0.5, 0.6) is 5.75 Å². The molecule has 2 heterocycles. The average Bonchev–Trinajstić information content (AvgIpc) is 3.16. The number of carbonyl (C=O) groups excluding carboxylic acids is 1. The second-order valence-corrected chi connectivity index (χ2v) is 6.77. The summed E-state index contributed by atoms with van der Waals surface area (Å²) in [7, 11) is 0. The average molecular weight is 393 g/mol. The third kappa shape index (κ3) is 4.26. The molecule has 0 fully saturated rings. The van der Waals surface area contributed by atoms with Gasteiger partial charge in [-0.25, -0.2) is 9.37 Å². The van der Waals surface area contributed by atoms with Crippen molar-refractivity contribution in [3.8, 4) is 5.75 Å². The van der Waals surface area contributed by atoms with Gasteiger partial charge in [0, 0.05) is 29.1 Å². The summed E-state index contributed by atoms with van der Waals surface area (Å²) in [5, 5.41) is 0.656. The van der Waals surface area contributed by atoms with Crippen LogP contribution in [0, 0.1) is 12.7 Å². The highest BCUT2D eigenvalue weighted by Crippen LogP contribution is 2.28. The summed E-state index contributed by atoms with van der Waals surface area (Å²) in [5.41, 5.74) is 3.19. The van der Waals surface area contributed by atoms with Gasteiger partial charge in [-0.05, 0) is 51.0 Å². The number of aromatic nitrogens is 2. The second kappa shape index (κ2) is 8.82. The maximum absolute atomic E-state index is 15.2. The summed E-state index contributed by atoms with van der Waals surface area (Å²) in [6.45, 7) is 7.64. The van der Waals surface area contributed by atoms with Crippen LogP contribution in [0.4, 0.5) is 4.39 Å². The zero-order valence-electron chi connectivity index (χ0n) is 17.0. The third-order valence-corrected chi connectivity index (χ3v) is 4.79. The highest BCUT2D eigenvalue weighted by atomic mass is 19.1. The monoisotopic (exact) mass is 393 g/mol. The number of halogens is 1. The molecule has 0 radical (unpaired) electrons. The molecule has 0 saturated carbocycles. The maximum Gasteiger partial charge on any atom is 0.198 e. The molecule has 3 aromatic rings. The van der Waals surface area contributed by atoms with Crippen molar-refractivity contribution in [2.75, 3.05) is 6.61 Å². The second-order valence-electron chi connectivity index (χ2n) is 6.77. The first kappa shape index (κ1) is 20.5. The molecule has 0 saturated heterocycles. The first-order valence-electron chi connectivity index (χ1n) is 9.54. The summed E-state index contributed by atoms with van der Waals surface area (Å²) in [4.78, 5) is 24.7. The molecule has 1 N–H and O–H groups in total. The smallest absolute Gasteiger partial charge is 0.198 e. The van der Waals surface area contributed by atoms with Crippen molar-refractivity contribution in [1.82, 2.24) is 9.97 Å². The Morgan fingerprint density at radius 1 is 1.34 bits per heavy atom. The van der Waals surface area contributed by atoms with Crippen molar-refractivity contribution in [1.29, 1.82) is 0 Å². The molecule has 29 heavy (non-hydrogen) atoms. The molecule has 0 spiro atoms. The van der Waals surface area contributed by atoms with Crippen LogP contribution < -0.4 is 4.74 Å². The number of aromatic amines is 1. The quantitative estimate of drug-likeness (QED) is 0.432. The number of fused-ring (bicyclic) bond motifs is 1. The zero-order valence-corrected chi connectivity index (χ0v) is 17.0. The Hall–Kier alpha value is -3.28. The molecule has 0 aliphatic rings. The Morgan fingerprint density at radius 2 is 2.14 bits per heavy atom. The fourth-order valence-electron chi connectivity index (χ4n) is 2.98. The van der Waals surface area contributed by atoms with Gasteiger partial charge in [0.2, 0.25) is 0 Å². The number of nitrogens with one attached hydrogen (secondary N) is 1. The maximum atomic E-state index is 15.2. The number of ketones is 1. The number of pyridine rings is 1. The van der Waals surface area contributed by atoms with Gasteiger partial charge in [-0.1, -0.05) is 19.1 Å².